The zero-order valence-electron chi connectivity index (χ0n) is 13.8. The molecule has 0 aromatic heterocycles. The molecule has 0 saturated carbocycles. The Hall–Kier alpha value is -0.0831. The van der Waals surface area contributed by atoms with Gasteiger partial charge in [-0.2, -0.15) is 0 Å². The van der Waals surface area contributed by atoms with Crippen molar-refractivity contribution in [1.82, 2.24) is 0 Å². The molecule has 112 valence electrons. The molecule has 1 nitrogen and oxygen atoms in total. The van der Waals surface area contributed by atoms with E-state index in [9.17, 15) is 0 Å². The maximum atomic E-state index is 6.62. The third-order valence-electron chi connectivity index (χ3n) is 4.74. The molecule has 1 aliphatic rings. The van der Waals surface area contributed by atoms with E-state index < -0.39 is 8.32 Å². The molecule has 0 spiro atoms. The van der Waals surface area contributed by atoms with Gasteiger partial charge in [0.1, 0.15) is 0 Å². The lowest BCUT2D eigenvalue weighted by Gasteiger charge is -2.39. The van der Waals surface area contributed by atoms with Crippen LogP contribution in [0.25, 0.3) is 0 Å². The van der Waals surface area contributed by atoms with Gasteiger partial charge in [0.05, 0.1) is 0 Å². The Bertz CT molecular complexity index is 275. The van der Waals surface area contributed by atoms with Crippen molar-refractivity contribution < 1.29 is 4.43 Å². The summed E-state index contributed by atoms with van der Waals surface area (Å²) in [6.07, 6.45) is 15.6. The van der Waals surface area contributed by atoms with Gasteiger partial charge in [0.15, 0.2) is 8.32 Å². The average molecular weight is 283 g/mol. The van der Waals surface area contributed by atoms with Crippen molar-refractivity contribution in [3.05, 3.63) is 12.2 Å². The Morgan fingerprint density at radius 3 is 2.21 bits per heavy atom. The highest BCUT2D eigenvalue weighted by Gasteiger charge is 2.38. The van der Waals surface area contributed by atoms with Crippen molar-refractivity contribution in [3.63, 3.8) is 0 Å². The van der Waals surface area contributed by atoms with Gasteiger partial charge in [-0.3, -0.25) is 0 Å². The van der Waals surface area contributed by atoms with Crippen LogP contribution in [0.2, 0.25) is 18.1 Å². The van der Waals surface area contributed by atoms with Gasteiger partial charge in [-0.15, -0.1) is 0 Å². The highest BCUT2D eigenvalue weighted by atomic mass is 28.4. The fraction of sp³-hybridized carbons (Fsp3) is 0.882. The second-order valence-electron chi connectivity index (χ2n) is 7.54. The van der Waals surface area contributed by atoms with Crippen LogP contribution in [0.4, 0.5) is 0 Å². The van der Waals surface area contributed by atoms with Gasteiger partial charge in [-0.1, -0.05) is 52.2 Å². The third-order valence-corrected chi connectivity index (χ3v) is 9.27. The SMILES string of the molecule is CC(C)(C)[Si](C)(C)OC1CC/C=C\CCCCCC1. The largest absolute Gasteiger partial charge is 0.414 e. The smallest absolute Gasteiger partial charge is 0.192 e. The van der Waals surface area contributed by atoms with Crippen molar-refractivity contribution in [2.45, 2.75) is 96.4 Å². The standard InChI is InChI=1S/C17H34OSi/c1-17(2,3)19(4,5)18-16-14-12-10-8-6-7-9-11-13-15-16/h8,10,16H,6-7,9,11-15H2,1-5H3/b10-8-. The van der Waals surface area contributed by atoms with Gasteiger partial charge in [-0.25, -0.2) is 0 Å². The Morgan fingerprint density at radius 1 is 0.895 bits per heavy atom. The predicted octanol–water partition coefficient (Wildman–Crippen LogP) is 6.07. The van der Waals surface area contributed by atoms with Crippen LogP contribution in [0, 0.1) is 0 Å². The second kappa shape index (κ2) is 7.63. The summed E-state index contributed by atoms with van der Waals surface area (Å²) in [7, 11) is -1.60. The number of hydrogen-bond donors (Lipinski definition) is 0. The molecule has 0 N–H and O–H groups in total. The minimum Gasteiger partial charge on any atom is -0.414 e. The van der Waals surface area contributed by atoms with E-state index in [1.165, 1.54) is 51.4 Å². The molecule has 0 amide bonds. The van der Waals surface area contributed by atoms with E-state index in [2.05, 4.69) is 46.0 Å². The van der Waals surface area contributed by atoms with Crippen molar-refractivity contribution in [2.75, 3.05) is 0 Å². The van der Waals surface area contributed by atoms with Gasteiger partial charge in [0, 0.05) is 6.10 Å². The maximum Gasteiger partial charge on any atom is 0.192 e. The third kappa shape index (κ3) is 6.27. The first-order valence-corrected chi connectivity index (χ1v) is 11.1. The van der Waals surface area contributed by atoms with Crippen LogP contribution in [0.5, 0.6) is 0 Å². The van der Waals surface area contributed by atoms with Gasteiger partial charge in [0.25, 0.3) is 0 Å². The summed E-state index contributed by atoms with van der Waals surface area (Å²) in [5, 5.41) is 0.328. The molecule has 1 rings (SSSR count). The second-order valence-corrected chi connectivity index (χ2v) is 12.3. The minimum absolute atomic E-state index is 0.328. The molecule has 1 atom stereocenters. The first-order valence-electron chi connectivity index (χ1n) is 8.16. The molecular weight excluding hydrogens is 248 g/mol. The fourth-order valence-electron chi connectivity index (χ4n) is 2.36. The molecule has 0 aromatic rings. The van der Waals surface area contributed by atoms with E-state index in [4.69, 9.17) is 4.43 Å². The molecular formula is C17H34OSi. The highest BCUT2D eigenvalue weighted by molar-refractivity contribution is 6.74. The minimum atomic E-state index is -1.60. The zero-order chi connectivity index (χ0) is 14.4. The Balaban J connectivity index is 2.57. The van der Waals surface area contributed by atoms with Crippen LogP contribution < -0.4 is 0 Å². The van der Waals surface area contributed by atoms with Crippen molar-refractivity contribution in [2.24, 2.45) is 0 Å². The summed E-state index contributed by atoms with van der Waals surface area (Å²) in [6.45, 7) is 11.8. The Morgan fingerprint density at radius 2 is 1.53 bits per heavy atom. The number of rotatable bonds is 2. The van der Waals surface area contributed by atoms with Gasteiger partial charge < -0.3 is 4.43 Å². The van der Waals surface area contributed by atoms with Crippen LogP contribution >= 0.6 is 0 Å². The zero-order valence-corrected chi connectivity index (χ0v) is 14.8. The monoisotopic (exact) mass is 282 g/mol. The van der Waals surface area contributed by atoms with E-state index in [-0.39, 0.29) is 0 Å². The van der Waals surface area contributed by atoms with Crippen LogP contribution in [0.15, 0.2) is 12.2 Å². The molecule has 0 aliphatic heterocycles. The average Bonchev–Trinajstić information content (AvgIpc) is 2.33. The lowest BCUT2D eigenvalue weighted by molar-refractivity contribution is 0.159. The summed E-state index contributed by atoms with van der Waals surface area (Å²) in [5.41, 5.74) is 0. The first kappa shape index (κ1) is 17.0. The molecule has 0 saturated heterocycles. The summed E-state index contributed by atoms with van der Waals surface area (Å²) >= 11 is 0. The molecule has 2 heteroatoms. The lowest BCUT2D eigenvalue weighted by atomic mass is 10.1. The lowest BCUT2D eigenvalue weighted by Crippen LogP contribution is -2.43. The molecule has 0 fully saturated rings. The maximum absolute atomic E-state index is 6.62. The Kier molecular flexibility index (Phi) is 6.82. The van der Waals surface area contributed by atoms with Crippen LogP contribution in [0.1, 0.15) is 72.1 Å². The van der Waals surface area contributed by atoms with E-state index >= 15 is 0 Å². The number of allylic oxidation sites excluding steroid dienone is 2. The summed E-state index contributed by atoms with van der Waals surface area (Å²) < 4.78 is 6.62. The van der Waals surface area contributed by atoms with E-state index in [0.29, 0.717) is 11.1 Å². The van der Waals surface area contributed by atoms with Crippen molar-refractivity contribution in [1.29, 1.82) is 0 Å². The summed E-state index contributed by atoms with van der Waals surface area (Å²) in [6, 6.07) is 0. The first-order chi connectivity index (χ1) is 8.83. The topological polar surface area (TPSA) is 9.23 Å². The van der Waals surface area contributed by atoms with Crippen molar-refractivity contribution in [3.8, 4) is 0 Å². The molecule has 1 unspecified atom stereocenters. The molecule has 0 radical (unpaired) electrons. The summed E-state index contributed by atoms with van der Waals surface area (Å²) in [4.78, 5) is 0. The summed E-state index contributed by atoms with van der Waals surface area (Å²) in [5.74, 6) is 0. The normalized spacial score (nSPS) is 25.6. The highest BCUT2D eigenvalue weighted by Crippen LogP contribution is 2.38. The Labute approximate surface area is 122 Å². The van der Waals surface area contributed by atoms with Crippen LogP contribution in [-0.4, -0.2) is 14.4 Å². The van der Waals surface area contributed by atoms with Crippen LogP contribution in [0.3, 0.4) is 0 Å². The number of hydrogen-bond acceptors (Lipinski definition) is 1. The van der Waals surface area contributed by atoms with E-state index in [1.807, 2.05) is 0 Å². The molecule has 0 heterocycles. The van der Waals surface area contributed by atoms with Gasteiger partial charge in [-0.05, 0) is 50.2 Å². The van der Waals surface area contributed by atoms with Crippen LogP contribution in [-0.2, 0) is 4.43 Å². The molecule has 19 heavy (non-hydrogen) atoms. The van der Waals surface area contributed by atoms with E-state index in [0.717, 1.165) is 0 Å². The molecule has 0 bridgehead atoms. The fourth-order valence-corrected chi connectivity index (χ4v) is 3.78. The van der Waals surface area contributed by atoms with Crippen molar-refractivity contribution >= 4 is 8.32 Å². The molecule has 0 aromatic carbocycles. The van der Waals surface area contributed by atoms with Gasteiger partial charge >= 0.3 is 0 Å². The predicted molar refractivity (Wildman–Crippen MR) is 88.1 cm³/mol. The molecule has 1 aliphatic carbocycles. The quantitative estimate of drug-likeness (QED) is 0.441. The van der Waals surface area contributed by atoms with E-state index in [1.54, 1.807) is 0 Å². The van der Waals surface area contributed by atoms with Gasteiger partial charge in [0.2, 0.25) is 0 Å².